The van der Waals surface area contributed by atoms with Crippen molar-refractivity contribution in [3.63, 3.8) is 0 Å². The predicted octanol–water partition coefficient (Wildman–Crippen LogP) is 3.85. The molecule has 0 fully saturated rings. The summed E-state index contributed by atoms with van der Waals surface area (Å²) in [5.41, 5.74) is 4.11. The van der Waals surface area contributed by atoms with Gasteiger partial charge in [0.25, 0.3) is 0 Å². The number of carbonyl (C=O) groups excluding carboxylic acids is 1. The standard InChI is InChI=1S/C18H18FNO/c1-12-8-15(19)7-6-13(12)9-16(21)10-14-11-20-18-5-3-2-4-17(14)18/h2-8,14,20H,9-11H2,1H3. The average molecular weight is 283 g/mol. The van der Waals surface area contributed by atoms with Gasteiger partial charge in [0.15, 0.2) is 0 Å². The zero-order valence-electron chi connectivity index (χ0n) is 12.0. The normalized spacial score (nSPS) is 16.4. The molecule has 1 unspecified atom stereocenters. The number of hydrogen-bond acceptors (Lipinski definition) is 2. The molecule has 0 spiro atoms. The van der Waals surface area contributed by atoms with Gasteiger partial charge in [0.1, 0.15) is 11.6 Å². The van der Waals surface area contributed by atoms with E-state index in [1.807, 2.05) is 25.1 Å². The van der Waals surface area contributed by atoms with Crippen LogP contribution in [0, 0.1) is 12.7 Å². The Labute approximate surface area is 124 Å². The highest BCUT2D eigenvalue weighted by molar-refractivity contribution is 5.82. The fourth-order valence-electron chi connectivity index (χ4n) is 2.96. The number of anilines is 1. The number of para-hydroxylation sites is 1. The molecule has 0 saturated heterocycles. The predicted molar refractivity (Wildman–Crippen MR) is 82.1 cm³/mol. The van der Waals surface area contributed by atoms with Gasteiger partial charge in [-0.2, -0.15) is 0 Å². The molecule has 0 aliphatic carbocycles. The average Bonchev–Trinajstić information content (AvgIpc) is 2.85. The Morgan fingerprint density at radius 3 is 2.90 bits per heavy atom. The molecular formula is C18H18FNO. The molecule has 0 aromatic heterocycles. The first kappa shape index (κ1) is 13.8. The van der Waals surface area contributed by atoms with Gasteiger partial charge >= 0.3 is 0 Å². The van der Waals surface area contributed by atoms with Crippen LogP contribution in [0.2, 0.25) is 0 Å². The van der Waals surface area contributed by atoms with Crippen LogP contribution in [-0.4, -0.2) is 12.3 Å². The van der Waals surface area contributed by atoms with E-state index in [0.29, 0.717) is 12.8 Å². The monoisotopic (exact) mass is 283 g/mol. The highest BCUT2D eigenvalue weighted by Gasteiger charge is 2.24. The zero-order valence-corrected chi connectivity index (χ0v) is 12.0. The first-order chi connectivity index (χ1) is 10.1. The second-order valence-corrected chi connectivity index (χ2v) is 5.66. The van der Waals surface area contributed by atoms with Crippen molar-refractivity contribution in [1.82, 2.24) is 0 Å². The molecule has 1 heterocycles. The number of rotatable bonds is 4. The van der Waals surface area contributed by atoms with Gasteiger partial charge in [-0.15, -0.1) is 0 Å². The molecule has 2 aromatic rings. The van der Waals surface area contributed by atoms with E-state index in [1.54, 1.807) is 6.07 Å². The van der Waals surface area contributed by atoms with Gasteiger partial charge in [0.2, 0.25) is 0 Å². The van der Waals surface area contributed by atoms with Crippen molar-refractivity contribution in [3.05, 3.63) is 65.0 Å². The molecule has 2 nitrogen and oxygen atoms in total. The number of fused-ring (bicyclic) bond motifs is 1. The minimum atomic E-state index is -0.252. The topological polar surface area (TPSA) is 29.1 Å². The summed E-state index contributed by atoms with van der Waals surface area (Å²) in [6.07, 6.45) is 0.908. The molecule has 21 heavy (non-hydrogen) atoms. The van der Waals surface area contributed by atoms with Crippen molar-refractivity contribution < 1.29 is 9.18 Å². The van der Waals surface area contributed by atoms with Crippen molar-refractivity contribution in [1.29, 1.82) is 0 Å². The Bertz CT molecular complexity index is 681. The van der Waals surface area contributed by atoms with Gasteiger partial charge in [-0.1, -0.05) is 24.3 Å². The van der Waals surface area contributed by atoms with Crippen molar-refractivity contribution in [3.8, 4) is 0 Å². The first-order valence-corrected chi connectivity index (χ1v) is 7.23. The van der Waals surface area contributed by atoms with Crippen LogP contribution >= 0.6 is 0 Å². The van der Waals surface area contributed by atoms with Crippen LogP contribution in [0.3, 0.4) is 0 Å². The lowest BCUT2D eigenvalue weighted by Crippen LogP contribution is -2.12. The second kappa shape index (κ2) is 5.68. The van der Waals surface area contributed by atoms with E-state index >= 15 is 0 Å². The maximum atomic E-state index is 13.1. The number of aryl methyl sites for hydroxylation is 1. The van der Waals surface area contributed by atoms with Crippen LogP contribution in [0.1, 0.15) is 29.0 Å². The van der Waals surface area contributed by atoms with Gasteiger partial charge < -0.3 is 5.32 Å². The number of carbonyl (C=O) groups is 1. The Hall–Kier alpha value is -2.16. The molecule has 0 bridgehead atoms. The molecule has 2 aromatic carbocycles. The molecule has 1 N–H and O–H groups in total. The Morgan fingerprint density at radius 1 is 1.29 bits per heavy atom. The van der Waals surface area contributed by atoms with Gasteiger partial charge in [0.05, 0.1) is 0 Å². The van der Waals surface area contributed by atoms with Crippen molar-refractivity contribution >= 4 is 11.5 Å². The van der Waals surface area contributed by atoms with Gasteiger partial charge in [0, 0.05) is 31.0 Å². The molecule has 3 heteroatoms. The quantitative estimate of drug-likeness (QED) is 0.923. The summed E-state index contributed by atoms with van der Waals surface area (Å²) in [7, 11) is 0. The number of Topliss-reactive ketones (excluding diaryl/α,β-unsaturated/α-hetero) is 1. The SMILES string of the molecule is Cc1cc(F)ccc1CC(=O)CC1CNc2ccccc21. The van der Waals surface area contributed by atoms with Crippen LogP contribution in [0.5, 0.6) is 0 Å². The number of nitrogens with one attached hydrogen (secondary N) is 1. The minimum absolute atomic E-state index is 0.202. The fourth-order valence-corrected chi connectivity index (χ4v) is 2.96. The van der Waals surface area contributed by atoms with E-state index in [9.17, 15) is 9.18 Å². The van der Waals surface area contributed by atoms with E-state index in [4.69, 9.17) is 0 Å². The maximum Gasteiger partial charge on any atom is 0.137 e. The van der Waals surface area contributed by atoms with Gasteiger partial charge in [-0.25, -0.2) is 4.39 Å². The third-order valence-electron chi connectivity index (χ3n) is 4.11. The molecule has 0 radical (unpaired) electrons. The minimum Gasteiger partial charge on any atom is -0.384 e. The van der Waals surface area contributed by atoms with Crippen LogP contribution < -0.4 is 5.32 Å². The lowest BCUT2D eigenvalue weighted by atomic mass is 9.92. The van der Waals surface area contributed by atoms with Crippen LogP contribution in [0.15, 0.2) is 42.5 Å². The molecular weight excluding hydrogens is 265 g/mol. The summed E-state index contributed by atoms with van der Waals surface area (Å²) in [6, 6.07) is 12.7. The number of hydrogen-bond donors (Lipinski definition) is 1. The van der Waals surface area contributed by atoms with Gasteiger partial charge in [-0.05, 0) is 41.8 Å². The molecule has 0 saturated carbocycles. The highest BCUT2D eigenvalue weighted by Crippen LogP contribution is 2.33. The molecule has 1 aliphatic heterocycles. The van der Waals surface area contributed by atoms with Crippen LogP contribution in [0.4, 0.5) is 10.1 Å². The summed E-state index contributed by atoms with van der Waals surface area (Å²) in [5, 5.41) is 3.34. The first-order valence-electron chi connectivity index (χ1n) is 7.23. The lowest BCUT2D eigenvalue weighted by Gasteiger charge is -2.10. The van der Waals surface area contributed by atoms with E-state index in [1.165, 1.54) is 17.7 Å². The van der Waals surface area contributed by atoms with Crippen molar-refractivity contribution in [2.45, 2.75) is 25.7 Å². The summed E-state index contributed by atoms with van der Waals surface area (Å²) in [4.78, 5) is 12.3. The number of benzene rings is 2. The van der Waals surface area contributed by atoms with Crippen LogP contribution in [0.25, 0.3) is 0 Å². The van der Waals surface area contributed by atoms with E-state index in [0.717, 1.165) is 23.4 Å². The molecule has 1 aliphatic rings. The smallest absolute Gasteiger partial charge is 0.137 e. The molecule has 108 valence electrons. The molecule has 1 atom stereocenters. The van der Waals surface area contributed by atoms with Crippen LogP contribution in [-0.2, 0) is 11.2 Å². The third kappa shape index (κ3) is 2.97. The Balaban J connectivity index is 1.68. The second-order valence-electron chi connectivity index (χ2n) is 5.66. The van der Waals surface area contributed by atoms with E-state index in [-0.39, 0.29) is 17.5 Å². The summed E-state index contributed by atoms with van der Waals surface area (Å²) in [6.45, 7) is 2.66. The largest absolute Gasteiger partial charge is 0.384 e. The number of ketones is 1. The maximum absolute atomic E-state index is 13.1. The number of halogens is 1. The van der Waals surface area contributed by atoms with Gasteiger partial charge in [-0.3, -0.25) is 4.79 Å². The van der Waals surface area contributed by atoms with Crippen molar-refractivity contribution in [2.75, 3.05) is 11.9 Å². The Kier molecular flexibility index (Phi) is 3.74. The molecule has 3 rings (SSSR count). The third-order valence-corrected chi connectivity index (χ3v) is 4.11. The van der Waals surface area contributed by atoms with E-state index < -0.39 is 0 Å². The summed E-state index contributed by atoms with van der Waals surface area (Å²) < 4.78 is 13.1. The fraction of sp³-hybridized carbons (Fsp3) is 0.278. The van der Waals surface area contributed by atoms with Crippen molar-refractivity contribution in [2.24, 2.45) is 0 Å². The summed E-state index contributed by atoms with van der Waals surface area (Å²) >= 11 is 0. The highest BCUT2D eigenvalue weighted by atomic mass is 19.1. The van der Waals surface area contributed by atoms with E-state index in [2.05, 4.69) is 11.4 Å². The lowest BCUT2D eigenvalue weighted by molar-refractivity contribution is -0.118. The zero-order chi connectivity index (χ0) is 14.8. The summed E-state index contributed by atoms with van der Waals surface area (Å²) in [5.74, 6) is 0.195. The molecule has 0 amide bonds. The Morgan fingerprint density at radius 2 is 2.10 bits per heavy atom.